The Morgan fingerprint density at radius 2 is 1.74 bits per heavy atom. The Kier molecular flexibility index (Phi) is 4.19. The zero-order valence-corrected chi connectivity index (χ0v) is 14.4. The van der Waals surface area contributed by atoms with Gasteiger partial charge in [-0.3, -0.25) is 9.71 Å². The molecule has 1 heterocycles. The molecule has 0 bridgehead atoms. The first-order valence-electron chi connectivity index (χ1n) is 6.71. The van der Waals surface area contributed by atoms with Crippen LogP contribution in [0.3, 0.4) is 0 Å². The molecule has 23 heavy (non-hydrogen) atoms. The number of nitrogens with one attached hydrogen (secondary N) is 1. The Labute approximate surface area is 144 Å². The number of fused-ring (bicyclic) bond motifs is 1. The molecule has 0 aliphatic rings. The summed E-state index contributed by atoms with van der Waals surface area (Å²) in [6.07, 6.45) is 0. The van der Waals surface area contributed by atoms with Crippen LogP contribution in [0.2, 0.25) is 10.0 Å². The van der Waals surface area contributed by atoms with Gasteiger partial charge in [-0.1, -0.05) is 35.3 Å². The van der Waals surface area contributed by atoms with Crippen LogP contribution in [0.1, 0.15) is 5.69 Å². The monoisotopic (exact) mass is 366 g/mol. The largest absolute Gasteiger partial charge is 0.280 e. The fourth-order valence-electron chi connectivity index (χ4n) is 2.25. The van der Waals surface area contributed by atoms with Crippen LogP contribution in [-0.2, 0) is 10.0 Å². The Bertz CT molecular complexity index is 987. The lowest BCUT2D eigenvalue weighted by molar-refractivity contribution is 0.602. The van der Waals surface area contributed by atoms with Crippen molar-refractivity contribution in [3.63, 3.8) is 0 Å². The number of hydrogen-bond acceptors (Lipinski definition) is 3. The standard InChI is InChI=1S/C16H12Cl2N2O2S/c1-10-9-14(18)13-3-2-4-15(16(13)19-10)23(21,22)20-12-7-5-11(17)6-8-12/h2-9,20H,1H3. The predicted molar refractivity (Wildman–Crippen MR) is 93.8 cm³/mol. The molecular formula is C16H12Cl2N2O2S. The first-order valence-corrected chi connectivity index (χ1v) is 8.95. The maximum absolute atomic E-state index is 12.7. The van der Waals surface area contributed by atoms with Crippen molar-refractivity contribution in [1.82, 2.24) is 4.98 Å². The Morgan fingerprint density at radius 3 is 2.43 bits per heavy atom. The number of aromatic nitrogens is 1. The van der Waals surface area contributed by atoms with Crippen molar-refractivity contribution >= 4 is 49.8 Å². The number of sulfonamides is 1. The van der Waals surface area contributed by atoms with Gasteiger partial charge in [0.1, 0.15) is 4.90 Å². The summed E-state index contributed by atoms with van der Waals surface area (Å²) in [6, 6.07) is 13.0. The van der Waals surface area contributed by atoms with E-state index in [0.717, 1.165) is 0 Å². The Balaban J connectivity index is 2.13. The minimum Gasteiger partial charge on any atom is -0.280 e. The minimum absolute atomic E-state index is 0.0792. The quantitative estimate of drug-likeness (QED) is 0.733. The van der Waals surface area contributed by atoms with Crippen LogP contribution in [-0.4, -0.2) is 13.4 Å². The van der Waals surface area contributed by atoms with Crippen molar-refractivity contribution in [3.8, 4) is 0 Å². The maximum Gasteiger partial charge on any atom is 0.264 e. The van der Waals surface area contributed by atoms with Gasteiger partial charge in [0.25, 0.3) is 10.0 Å². The van der Waals surface area contributed by atoms with Crippen molar-refractivity contribution in [2.45, 2.75) is 11.8 Å². The molecule has 3 aromatic rings. The lowest BCUT2D eigenvalue weighted by Gasteiger charge is -2.11. The summed E-state index contributed by atoms with van der Waals surface area (Å²) < 4.78 is 27.9. The SMILES string of the molecule is Cc1cc(Cl)c2cccc(S(=O)(=O)Nc3ccc(Cl)cc3)c2n1. The number of halogens is 2. The van der Waals surface area contributed by atoms with E-state index in [1.807, 2.05) is 0 Å². The highest BCUT2D eigenvalue weighted by Crippen LogP contribution is 2.29. The molecule has 0 aliphatic heterocycles. The Hall–Kier alpha value is -1.82. The van der Waals surface area contributed by atoms with Crippen LogP contribution in [0.25, 0.3) is 10.9 Å². The van der Waals surface area contributed by atoms with Gasteiger partial charge in [0.05, 0.1) is 10.5 Å². The minimum atomic E-state index is -3.80. The lowest BCUT2D eigenvalue weighted by atomic mass is 10.2. The highest BCUT2D eigenvalue weighted by atomic mass is 35.5. The molecule has 118 valence electrons. The van der Waals surface area contributed by atoms with E-state index in [1.165, 1.54) is 6.07 Å². The average molecular weight is 367 g/mol. The molecule has 0 fully saturated rings. The summed E-state index contributed by atoms with van der Waals surface area (Å²) in [5.74, 6) is 0. The molecule has 1 N–H and O–H groups in total. The van der Waals surface area contributed by atoms with Gasteiger partial charge in [-0.2, -0.15) is 0 Å². The normalized spacial score (nSPS) is 11.6. The molecule has 3 rings (SSSR count). The third-order valence-corrected chi connectivity index (χ3v) is 5.24. The second-order valence-corrected chi connectivity index (χ2v) is 7.50. The summed E-state index contributed by atoms with van der Waals surface area (Å²) in [7, 11) is -3.80. The maximum atomic E-state index is 12.7. The molecule has 0 atom stereocenters. The predicted octanol–water partition coefficient (Wildman–Crippen LogP) is 4.65. The van der Waals surface area contributed by atoms with Crippen molar-refractivity contribution in [2.24, 2.45) is 0 Å². The van der Waals surface area contributed by atoms with Crippen LogP contribution in [0.4, 0.5) is 5.69 Å². The summed E-state index contributed by atoms with van der Waals surface area (Å²) in [4.78, 5) is 4.41. The number of anilines is 1. The highest BCUT2D eigenvalue weighted by molar-refractivity contribution is 7.93. The second kappa shape index (κ2) is 6.00. The molecule has 0 amide bonds. The van der Waals surface area contributed by atoms with Gasteiger partial charge in [-0.25, -0.2) is 8.42 Å². The Morgan fingerprint density at radius 1 is 1.04 bits per heavy atom. The van der Waals surface area contributed by atoms with Gasteiger partial charge in [0.15, 0.2) is 0 Å². The molecule has 4 nitrogen and oxygen atoms in total. The molecule has 0 spiro atoms. The van der Waals surface area contributed by atoms with E-state index in [1.54, 1.807) is 49.4 Å². The van der Waals surface area contributed by atoms with Gasteiger partial charge in [0.2, 0.25) is 0 Å². The first kappa shape index (κ1) is 16.1. The molecular weight excluding hydrogens is 355 g/mol. The number of pyridine rings is 1. The van der Waals surface area contributed by atoms with Crippen molar-refractivity contribution in [2.75, 3.05) is 4.72 Å². The van der Waals surface area contributed by atoms with E-state index >= 15 is 0 Å². The third kappa shape index (κ3) is 3.27. The molecule has 1 aromatic heterocycles. The molecule has 7 heteroatoms. The molecule has 0 unspecified atom stereocenters. The van der Waals surface area contributed by atoms with Crippen LogP contribution >= 0.6 is 23.2 Å². The van der Waals surface area contributed by atoms with Crippen LogP contribution in [0.15, 0.2) is 53.4 Å². The summed E-state index contributed by atoms with van der Waals surface area (Å²) in [5, 5.41) is 1.59. The van der Waals surface area contributed by atoms with E-state index in [-0.39, 0.29) is 4.90 Å². The van der Waals surface area contributed by atoms with Gasteiger partial charge < -0.3 is 0 Å². The molecule has 2 aromatic carbocycles. The highest BCUT2D eigenvalue weighted by Gasteiger charge is 2.19. The average Bonchev–Trinajstić information content (AvgIpc) is 2.48. The summed E-state index contributed by atoms with van der Waals surface area (Å²) >= 11 is 12.0. The van der Waals surface area contributed by atoms with Gasteiger partial charge in [0, 0.05) is 21.8 Å². The van der Waals surface area contributed by atoms with E-state index in [9.17, 15) is 8.42 Å². The number of rotatable bonds is 3. The third-order valence-electron chi connectivity index (χ3n) is 3.27. The fraction of sp³-hybridized carbons (Fsp3) is 0.0625. The number of aryl methyl sites for hydroxylation is 1. The first-order chi connectivity index (χ1) is 10.9. The van der Waals surface area contributed by atoms with Crippen molar-refractivity contribution < 1.29 is 8.42 Å². The van der Waals surface area contributed by atoms with E-state index in [2.05, 4.69) is 9.71 Å². The number of hydrogen-bond donors (Lipinski definition) is 1. The summed E-state index contributed by atoms with van der Waals surface area (Å²) in [5.41, 5.74) is 1.42. The van der Waals surface area contributed by atoms with Gasteiger partial charge >= 0.3 is 0 Å². The topological polar surface area (TPSA) is 59.1 Å². The molecule has 0 saturated carbocycles. The van der Waals surface area contributed by atoms with E-state index in [0.29, 0.717) is 32.3 Å². The van der Waals surface area contributed by atoms with Crippen molar-refractivity contribution in [1.29, 1.82) is 0 Å². The van der Waals surface area contributed by atoms with Crippen LogP contribution in [0, 0.1) is 6.92 Å². The molecule has 0 radical (unpaired) electrons. The van der Waals surface area contributed by atoms with Gasteiger partial charge in [-0.15, -0.1) is 0 Å². The fourth-order valence-corrected chi connectivity index (χ4v) is 3.91. The van der Waals surface area contributed by atoms with E-state index < -0.39 is 10.0 Å². The zero-order chi connectivity index (χ0) is 16.6. The van der Waals surface area contributed by atoms with Crippen LogP contribution < -0.4 is 4.72 Å². The molecule has 0 saturated heterocycles. The van der Waals surface area contributed by atoms with E-state index in [4.69, 9.17) is 23.2 Å². The second-order valence-electron chi connectivity index (χ2n) is 5.01. The van der Waals surface area contributed by atoms with Gasteiger partial charge in [-0.05, 0) is 43.3 Å². The lowest BCUT2D eigenvalue weighted by Crippen LogP contribution is -2.13. The summed E-state index contributed by atoms with van der Waals surface area (Å²) in [6.45, 7) is 1.77. The smallest absolute Gasteiger partial charge is 0.264 e. The van der Waals surface area contributed by atoms with Crippen molar-refractivity contribution in [3.05, 3.63) is 64.3 Å². The van der Waals surface area contributed by atoms with Crippen LogP contribution in [0.5, 0.6) is 0 Å². The zero-order valence-electron chi connectivity index (χ0n) is 12.0. The molecule has 0 aliphatic carbocycles. The number of benzene rings is 2. The number of para-hydroxylation sites is 1. The number of nitrogens with zero attached hydrogens (tertiary/aromatic N) is 1.